The SMILES string of the molecule is Cc1cccc(-c2ccc(OCc3cc(C(F)(F)F)nn3-c3c(Cl)cccc3Cl)cc2)c1. The van der Waals surface area contributed by atoms with E-state index in [1.165, 1.54) is 12.1 Å². The summed E-state index contributed by atoms with van der Waals surface area (Å²) in [5.74, 6) is 0.507. The number of aryl methyl sites for hydroxylation is 1. The van der Waals surface area contributed by atoms with Gasteiger partial charge in [-0.15, -0.1) is 0 Å². The summed E-state index contributed by atoms with van der Waals surface area (Å²) in [6.07, 6.45) is -4.62. The minimum atomic E-state index is -4.62. The standard InChI is InChI=1S/C24H17Cl2F3N2O/c1-15-4-2-5-17(12-15)16-8-10-19(11-9-16)32-14-18-13-22(24(27,28)29)30-31(18)23-20(25)6-3-7-21(23)26/h2-13H,14H2,1H3. The van der Waals surface area contributed by atoms with Crippen molar-refractivity contribution in [1.29, 1.82) is 0 Å². The summed E-state index contributed by atoms with van der Waals surface area (Å²) in [5.41, 5.74) is 2.50. The Labute approximate surface area is 193 Å². The largest absolute Gasteiger partial charge is 0.487 e. The van der Waals surface area contributed by atoms with Crippen molar-refractivity contribution in [3.05, 3.63) is 99.8 Å². The fourth-order valence-corrected chi connectivity index (χ4v) is 3.83. The number of rotatable bonds is 5. The molecule has 8 heteroatoms. The zero-order chi connectivity index (χ0) is 22.9. The molecular weight excluding hydrogens is 460 g/mol. The van der Waals surface area contributed by atoms with E-state index in [2.05, 4.69) is 11.2 Å². The van der Waals surface area contributed by atoms with Crippen molar-refractivity contribution >= 4 is 23.2 Å². The zero-order valence-corrected chi connectivity index (χ0v) is 18.3. The number of alkyl halides is 3. The van der Waals surface area contributed by atoms with Crippen LogP contribution in [0.3, 0.4) is 0 Å². The summed E-state index contributed by atoms with van der Waals surface area (Å²) in [6.45, 7) is 1.86. The first-order valence-corrected chi connectivity index (χ1v) is 10.4. The molecule has 32 heavy (non-hydrogen) atoms. The molecule has 4 aromatic rings. The van der Waals surface area contributed by atoms with E-state index in [4.69, 9.17) is 27.9 Å². The Bertz CT molecular complexity index is 1230. The maximum absolute atomic E-state index is 13.3. The average Bonchev–Trinajstić information content (AvgIpc) is 3.17. The van der Waals surface area contributed by atoms with E-state index in [0.29, 0.717) is 5.75 Å². The number of hydrogen-bond acceptors (Lipinski definition) is 2. The first-order chi connectivity index (χ1) is 15.2. The van der Waals surface area contributed by atoms with E-state index in [1.54, 1.807) is 18.2 Å². The van der Waals surface area contributed by atoms with Crippen molar-refractivity contribution in [2.24, 2.45) is 0 Å². The van der Waals surface area contributed by atoms with E-state index >= 15 is 0 Å². The normalized spacial score (nSPS) is 11.6. The molecule has 3 aromatic carbocycles. The van der Waals surface area contributed by atoms with E-state index in [-0.39, 0.29) is 28.0 Å². The van der Waals surface area contributed by atoms with Gasteiger partial charge in [-0.05, 0) is 48.4 Å². The van der Waals surface area contributed by atoms with E-state index < -0.39 is 11.9 Å². The molecule has 0 aliphatic rings. The van der Waals surface area contributed by atoms with E-state index in [1.807, 2.05) is 37.3 Å². The van der Waals surface area contributed by atoms with Crippen LogP contribution >= 0.6 is 23.2 Å². The molecule has 0 amide bonds. The molecule has 0 radical (unpaired) electrons. The molecule has 0 atom stereocenters. The lowest BCUT2D eigenvalue weighted by Crippen LogP contribution is -2.09. The Kier molecular flexibility index (Phi) is 6.17. The topological polar surface area (TPSA) is 27.1 Å². The second-order valence-corrected chi connectivity index (χ2v) is 8.00. The minimum absolute atomic E-state index is 0.158. The van der Waals surface area contributed by atoms with Gasteiger partial charge in [0, 0.05) is 0 Å². The van der Waals surface area contributed by atoms with Crippen LogP contribution in [-0.2, 0) is 12.8 Å². The lowest BCUT2D eigenvalue weighted by molar-refractivity contribution is -0.141. The molecule has 0 aliphatic heterocycles. The number of nitrogens with zero attached hydrogens (tertiary/aromatic N) is 2. The smallest absolute Gasteiger partial charge is 0.435 e. The van der Waals surface area contributed by atoms with Crippen LogP contribution in [0.5, 0.6) is 5.75 Å². The second kappa shape index (κ2) is 8.88. The van der Waals surface area contributed by atoms with Gasteiger partial charge in [0.1, 0.15) is 18.0 Å². The number of benzene rings is 3. The summed E-state index contributed by atoms with van der Waals surface area (Å²) >= 11 is 12.4. The van der Waals surface area contributed by atoms with Crippen LogP contribution in [0.2, 0.25) is 10.0 Å². The van der Waals surface area contributed by atoms with Crippen LogP contribution in [0.4, 0.5) is 13.2 Å². The summed E-state index contributed by atoms with van der Waals surface area (Å²) < 4.78 is 46.8. The number of para-hydroxylation sites is 1. The van der Waals surface area contributed by atoms with Gasteiger partial charge >= 0.3 is 6.18 Å². The van der Waals surface area contributed by atoms with E-state index in [0.717, 1.165) is 27.4 Å². The molecule has 1 aromatic heterocycles. The van der Waals surface area contributed by atoms with Gasteiger partial charge in [0.25, 0.3) is 0 Å². The summed E-state index contributed by atoms with van der Waals surface area (Å²) in [6, 6.07) is 21.0. The fraction of sp³-hybridized carbons (Fsp3) is 0.125. The van der Waals surface area contributed by atoms with Gasteiger partial charge in [-0.1, -0.05) is 71.2 Å². The molecule has 1 heterocycles. The highest BCUT2D eigenvalue weighted by Crippen LogP contribution is 2.34. The third kappa shape index (κ3) is 4.76. The predicted octanol–water partition coefficient (Wildman–Crippen LogP) is 7.75. The number of halogens is 5. The molecule has 0 fully saturated rings. The van der Waals surface area contributed by atoms with Crippen molar-refractivity contribution in [2.45, 2.75) is 19.7 Å². The lowest BCUT2D eigenvalue weighted by atomic mass is 10.0. The Morgan fingerprint density at radius 1 is 0.875 bits per heavy atom. The van der Waals surface area contributed by atoms with Crippen LogP contribution in [0.15, 0.2) is 72.8 Å². The van der Waals surface area contributed by atoms with Crippen LogP contribution < -0.4 is 4.74 Å². The van der Waals surface area contributed by atoms with Crippen molar-refractivity contribution in [3.8, 4) is 22.6 Å². The third-order valence-electron chi connectivity index (χ3n) is 4.82. The Balaban J connectivity index is 1.61. The third-order valence-corrected chi connectivity index (χ3v) is 5.43. The maximum Gasteiger partial charge on any atom is 0.435 e. The molecule has 4 rings (SSSR count). The van der Waals surface area contributed by atoms with Gasteiger partial charge in [-0.25, -0.2) is 4.68 Å². The summed E-state index contributed by atoms with van der Waals surface area (Å²) in [5, 5.41) is 4.05. The van der Waals surface area contributed by atoms with Crippen LogP contribution in [-0.4, -0.2) is 9.78 Å². The molecule has 0 N–H and O–H groups in total. The number of hydrogen-bond donors (Lipinski definition) is 0. The highest BCUT2D eigenvalue weighted by molar-refractivity contribution is 6.37. The minimum Gasteiger partial charge on any atom is -0.487 e. The highest BCUT2D eigenvalue weighted by Gasteiger charge is 2.35. The summed E-state index contributed by atoms with van der Waals surface area (Å²) in [4.78, 5) is 0. The Hall–Kier alpha value is -2.96. The number of aromatic nitrogens is 2. The first-order valence-electron chi connectivity index (χ1n) is 9.63. The molecule has 0 unspecified atom stereocenters. The van der Waals surface area contributed by atoms with Crippen molar-refractivity contribution in [3.63, 3.8) is 0 Å². The highest BCUT2D eigenvalue weighted by atomic mass is 35.5. The van der Waals surface area contributed by atoms with Crippen molar-refractivity contribution in [2.75, 3.05) is 0 Å². The van der Waals surface area contributed by atoms with Crippen molar-refractivity contribution < 1.29 is 17.9 Å². The molecule has 3 nitrogen and oxygen atoms in total. The molecule has 0 spiro atoms. The Morgan fingerprint density at radius 3 is 2.16 bits per heavy atom. The molecular formula is C24H17Cl2F3N2O. The Morgan fingerprint density at radius 2 is 1.53 bits per heavy atom. The lowest BCUT2D eigenvalue weighted by Gasteiger charge is -2.12. The molecule has 0 saturated carbocycles. The fourth-order valence-electron chi connectivity index (χ4n) is 3.27. The summed E-state index contributed by atoms with van der Waals surface area (Å²) in [7, 11) is 0. The predicted molar refractivity (Wildman–Crippen MR) is 120 cm³/mol. The quantitative estimate of drug-likeness (QED) is 0.294. The average molecular weight is 477 g/mol. The monoisotopic (exact) mass is 476 g/mol. The second-order valence-electron chi connectivity index (χ2n) is 7.18. The van der Waals surface area contributed by atoms with Crippen molar-refractivity contribution in [1.82, 2.24) is 9.78 Å². The van der Waals surface area contributed by atoms with Gasteiger partial charge in [0.2, 0.25) is 0 Å². The van der Waals surface area contributed by atoms with Gasteiger partial charge in [0.15, 0.2) is 5.69 Å². The van der Waals surface area contributed by atoms with Crippen LogP contribution in [0, 0.1) is 6.92 Å². The van der Waals surface area contributed by atoms with Gasteiger partial charge in [-0.2, -0.15) is 18.3 Å². The number of ether oxygens (including phenoxy) is 1. The maximum atomic E-state index is 13.3. The molecule has 164 valence electrons. The van der Waals surface area contributed by atoms with E-state index in [9.17, 15) is 13.2 Å². The molecule has 0 bridgehead atoms. The molecule has 0 aliphatic carbocycles. The first kappa shape index (κ1) is 22.2. The van der Waals surface area contributed by atoms with Crippen LogP contribution in [0.1, 0.15) is 17.0 Å². The zero-order valence-electron chi connectivity index (χ0n) is 16.8. The van der Waals surface area contributed by atoms with Gasteiger partial charge in [-0.3, -0.25) is 0 Å². The van der Waals surface area contributed by atoms with Crippen LogP contribution in [0.25, 0.3) is 16.8 Å². The van der Waals surface area contributed by atoms with Gasteiger partial charge < -0.3 is 4.74 Å². The van der Waals surface area contributed by atoms with Gasteiger partial charge in [0.05, 0.1) is 15.7 Å². The molecule has 0 saturated heterocycles.